The molecule has 1 atom stereocenters. The summed E-state index contributed by atoms with van der Waals surface area (Å²) in [6.45, 7) is 3.29. The molecule has 1 aromatic carbocycles. The molecule has 0 saturated carbocycles. The number of halogens is 1. The van der Waals surface area contributed by atoms with Crippen LogP contribution in [0.4, 0.5) is 10.1 Å². The maximum Gasteiger partial charge on any atom is 0.243 e. The second kappa shape index (κ2) is 7.89. The predicted octanol–water partition coefficient (Wildman–Crippen LogP) is 1.75. The SMILES string of the molecule is C[C@@H]1CCCCN1CC(=O)NCC(=O)Nc1ccc(F)cc1. The van der Waals surface area contributed by atoms with E-state index in [-0.39, 0.29) is 24.2 Å². The number of benzene rings is 1. The first-order valence-corrected chi connectivity index (χ1v) is 7.61. The van der Waals surface area contributed by atoms with Gasteiger partial charge in [0.1, 0.15) is 5.82 Å². The van der Waals surface area contributed by atoms with Crippen molar-refractivity contribution in [1.82, 2.24) is 10.2 Å². The molecule has 1 heterocycles. The van der Waals surface area contributed by atoms with Gasteiger partial charge in [0.15, 0.2) is 0 Å². The van der Waals surface area contributed by atoms with Crippen molar-refractivity contribution in [2.24, 2.45) is 0 Å². The highest BCUT2D eigenvalue weighted by molar-refractivity contribution is 5.94. The van der Waals surface area contributed by atoms with Crippen LogP contribution in [0, 0.1) is 5.82 Å². The number of nitrogens with zero attached hydrogens (tertiary/aromatic N) is 1. The van der Waals surface area contributed by atoms with Gasteiger partial charge in [0.25, 0.3) is 0 Å². The van der Waals surface area contributed by atoms with Crippen LogP contribution in [0.2, 0.25) is 0 Å². The van der Waals surface area contributed by atoms with E-state index in [9.17, 15) is 14.0 Å². The molecule has 1 aliphatic heterocycles. The summed E-state index contributed by atoms with van der Waals surface area (Å²) in [6, 6.07) is 5.90. The van der Waals surface area contributed by atoms with Crippen LogP contribution in [0.5, 0.6) is 0 Å². The molecule has 1 fully saturated rings. The minimum Gasteiger partial charge on any atom is -0.346 e. The van der Waals surface area contributed by atoms with Gasteiger partial charge >= 0.3 is 0 Å². The molecular weight excluding hydrogens is 285 g/mol. The van der Waals surface area contributed by atoms with Crippen LogP contribution >= 0.6 is 0 Å². The number of rotatable bonds is 5. The van der Waals surface area contributed by atoms with Crippen LogP contribution in [0.3, 0.4) is 0 Å². The molecule has 1 aliphatic rings. The number of carbonyl (C=O) groups excluding carboxylic acids is 2. The second-order valence-electron chi connectivity index (χ2n) is 5.65. The molecule has 5 nitrogen and oxygen atoms in total. The van der Waals surface area contributed by atoms with E-state index < -0.39 is 0 Å². The summed E-state index contributed by atoms with van der Waals surface area (Å²) in [5, 5.41) is 5.22. The monoisotopic (exact) mass is 307 g/mol. The van der Waals surface area contributed by atoms with Crippen molar-refractivity contribution in [3.8, 4) is 0 Å². The van der Waals surface area contributed by atoms with Crippen molar-refractivity contribution in [2.75, 3.05) is 25.0 Å². The van der Waals surface area contributed by atoms with Gasteiger partial charge in [0.05, 0.1) is 13.1 Å². The Morgan fingerprint density at radius 1 is 1.23 bits per heavy atom. The third kappa shape index (κ3) is 5.11. The van der Waals surface area contributed by atoms with E-state index in [1.165, 1.54) is 30.7 Å². The summed E-state index contributed by atoms with van der Waals surface area (Å²) >= 11 is 0. The number of amides is 2. The van der Waals surface area contributed by atoms with Crippen molar-refractivity contribution in [2.45, 2.75) is 32.2 Å². The minimum absolute atomic E-state index is 0.0849. The molecule has 6 heteroatoms. The average Bonchev–Trinajstić information content (AvgIpc) is 2.50. The number of carbonyl (C=O) groups is 2. The highest BCUT2D eigenvalue weighted by Gasteiger charge is 2.20. The maximum absolute atomic E-state index is 12.8. The second-order valence-corrected chi connectivity index (χ2v) is 5.65. The number of nitrogens with one attached hydrogen (secondary N) is 2. The predicted molar refractivity (Wildman–Crippen MR) is 82.9 cm³/mol. The van der Waals surface area contributed by atoms with Gasteiger partial charge in [0.2, 0.25) is 11.8 Å². The number of hydrogen-bond acceptors (Lipinski definition) is 3. The van der Waals surface area contributed by atoms with Crippen LogP contribution in [-0.2, 0) is 9.59 Å². The standard InChI is InChI=1S/C16H22FN3O2/c1-12-4-2-3-9-20(12)11-16(22)18-10-15(21)19-14-7-5-13(17)6-8-14/h5-8,12H,2-4,9-11H2,1H3,(H,18,22)(H,19,21)/t12-/m1/s1. The molecule has 0 aliphatic carbocycles. The van der Waals surface area contributed by atoms with Crippen molar-refractivity contribution < 1.29 is 14.0 Å². The van der Waals surface area contributed by atoms with Gasteiger partial charge in [-0.05, 0) is 50.6 Å². The first kappa shape index (κ1) is 16.4. The van der Waals surface area contributed by atoms with E-state index in [0.29, 0.717) is 18.3 Å². The maximum atomic E-state index is 12.8. The van der Waals surface area contributed by atoms with Gasteiger partial charge in [-0.1, -0.05) is 6.42 Å². The Morgan fingerprint density at radius 3 is 2.64 bits per heavy atom. The number of hydrogen-bond donors (Lipinski definition) is 2. The molecule has 0 unspecified atom stereocenters. The molecule has 22 heavy (non-hydrogen) atoms. The molecule has 0 spiro atoms. The smallest absolute Gasteiger partial charge is 0.243 e. The van der Waals surface area contributed by atoms with E-state index in [0.717, 1.165) is 19.4 Å². The molecule has 0 radical (unpaired) electrons. The van der Waals surface area contributed by atoms with Gasteiger partial charge in [0, 0.05) is 11.7 Å². The molecule has 0 aromatic heterocycles. The fourth-order valence-electron chi connectivity index (χ4n) is 2.55. The van der Waals surface area contributed by atoms with Gasteiger partial charge < -0.3 is 10.6 Å². The zero-order valence-electron chi connectivity index (χ0n) is 12.8. The van der Waals surface area contributed by atoms with Crippen LogP contribution in [0.25, 0.3) is 0 Å². The Labute approximate surface area is 129 Å². The first-order chi connectivity index (χ1) is 10.5. The minimum atomic E-state index is -0.359. The first-order valence-electron chi connectivity index (χ1n) is 7.61. The quantitative estimate of drug-likeness (QED) is 0.871. The highest BCUT2D eigenvalue weighted by Crippen LogP contribution is 2.15. The molecule has 0 bridgehead atoms. The van der Waals surface area contributed by atoms with Gasteiger partial charge in [-0.3, -0.25) is 14.5 Å². The van der Waals surface area contributed by atoms with Gasteiger partial charge in [-0.25, -0.2) is 4.39 Å². The largest absolute Gasteiger partial charge is 0.346 e. The van der Waals surface area contributed by atoms with Crippen LogP contribution < -0.4 is 10.6 Å². The molecule has 1 saturated heterocycles. The van der Waals surface area contributed by atoms with E-state index in [4.69, 9.17) is 0 Å². The molecule has 2 rings (SSSR count). The summed E-state index contributed by atoms with van der Waals surface area (Å²) < 4.78 is 12.8. The average molecular weight is 307 g/mol. The lowest BCUT2D eigenvalue weighted by atomic mass is 10.0. The fraction of sp³-hybridized carbons (Fsp3) is 0.500. The summed E-state index contributed by atoms with van der Waals surface area (Å²) in [5.41, 5.74) is 0.505. The lowest BCUT2D eigenvalue weighted by Gasteiger charge is -2.32. The lowest BCUT2D eigenvalue weighted by Crippen LogP contribution is -2.45. The lowest BCUT2D eigenvalue weighted by molar-refractivity contribution is -0.125. The third-order valence-electron chi connectivity index (χ3n) is 3.86. The summed E-state index contributed by atoms with van der Waals surface area (Å²) in [7, 11) is 0. The van der Waals surface area contributed by atoms with Crippen LogP contribution in [0.15, 0.2) is 24.3 Å². The van der Waals surface area contributed by atoms with Crippen LogP contribution in [-0.4, -0.2) is 42.4 Å². The Kier molecular flexibility index (Phi) is 5.89. The summed E-state index contributed by atoms with van der Waals surface area (Å²) in [6.07, 6.45) is 3.43. The number of likely N-dealkylation sites (tertiary alicyclic amines) is 1. The Hall–Kier alpha value is -1.95. The Bertz CT molecular complexity index is 519. The zero-order valence-corrected chi connectivity index (χ0v) is 12.8. The topological polar surface area (TPSA) is 61.4 Å². The molecule has 2 N–H and O–H groups in total. The van der Waals surface area contributed by atoms with Gasteiger partial charge in [-0.15, -0.1) is 0 Å². The molecule has 2 amide bonds. The van der Waals surface area contributed by atoms with Crippen molar-refractivity contribution in [3.63, 3.8) is 0 Å². The molecular formula is C16H22FN3O2. The van der Waals surface area contributed by atoms with E-state index in [1.54, 1.807) is 0 Å². The highest BCUT2D eigenvalue weighted by atomic mass is 19.1. The van der Waals surface area contributed by atoms with E-state index >= 15 is 0 Å². The zero-order chi connectivity index (χ0) is 15.9. The summed E-state index contributed by atoms with van der Waals surface area (Å²) in [4.78, 5) is 25.7. The molecule has 120 valence electrons. The van der Waals surface area contributed by atoms with E-state index in [2.05, 4.69) is 22.5 Å². The summed E-state index contributed by atoms with van der Waals surface area (Å²) in [5.74, 6) is -0.836. The van der Waals surface area contributed by atoms with Crippen LogP contribution in [0.1, 0.15) is 26.2 Å². The van der Waals surface area contributed by atoms with Crippen molar-refractivity contribution >= 4 is 17.5 Å². The third-order valence-corrected chi connectivity index (χ3v) is 3.86. The molecule has 1 aromatic rings. The Balaban J connectivity index is 1.71. The van der Waals surface area contributed by atoms with Crippen molar-refractivity contribution in [1.29, 1.82) is 0 Å². The van der Waals surface area contributed by atoms with E-state index in [1.807, 2.05) is 0 Å². The number of anilines is 1. The normalized spacial score (nSPS) is 18.7. The number of piperidine rings is 1. The Morgan fingerprint density at radius 2 is 1.95 bits per heavy atom. The van der Waals surface area contributed by atoms with Gasteiger partial charge in [-0.2, -0.15) is 0 Å². The van der Waals surface area contributed by atoms with Crippen molar-refractivity contribution in [3.05, 3.63) is 30.1 Å². The fourth-order valence-corrected chi connectivity index (χ4v) is 2.55.